The molecule has 1 atom stereocenters. The van der Waals surface area contributed by atoms with E-state index >= 15 is 0 Å². The summed E-state index contributed by atoms with van der Waals surface area (Å²) in [6, 6.07) is 14.5. The number of anilines is 1. The molecule has 3 aromatic rings. The lowest BCUT2D eigenvalue weighted by molar-refractivity contribution is -0.114. The Hall–Kier alpha value is -2.60. The summed E-state index contributed by atoms with van der Waals surface area (Å²) in [4.78, 5) is 23.7. The van der Waals surface area contributed by atoms with Gasteiger partial charge in [-0.1, -0.05) is 24.3 Å². The second kappa shape index (κ2) is 7.11. The topological polar surface area (TPSA) is 71.3 Å². The van der Waals surface area contributed by atoms with Crippen LogP contribution in [-0.2, 0) is 4.79 Å². The maximum absolute atomic E-state index is 12.5. The molecular weight excluding hydrogens is 384 g/mol. The quantitative estimate of drug-likeness (QED) is 0.669. The van der Waals surface area contributed by atoms with Gasteiger partial charge in [0.05, 0.1) is 10.5 Å². The summed E-state index contributed by atoms with van der Waals surface area (Å²) in [6.07, 6.45) is 0. The van der Waals surface area contributed by atoms with Crippen LogP contribution in [0.4, 0.5) is 5.69 Å². The number of hydrogen-bond acceptors (Lipinski definition) is 3. The number of para-hydroxylation sites is 1. The largest absolute Gasteiger partial charge is 0.450 e. The number of halogens is 1. The smallest absolute Gasteiger partial charge is 0.287 e. The lowest BCUT2D eigenvalue weighted by atomic mass is 10.1. The molecule has 25 heavy (non-hydrogen) atoms. The van der Waals surface area contributed by atoms with Crippen LogP contribution in [0.1, 0.15) is 36.0 Å². The van der Waals surface area contributed by atoms with Crippen LogP contribution in [0, 0.1) is 0 Å². The average Bonchev–Trinajstić information content (AvgIpc) is 3.00. The van der Waals surface area contributed by atoms with E-state index in [1.54, 1.807) is 12.1 Å². The van der Waals surface area contributed by atoms with Crippen molar-refractivity contribution in [1.82, 2.24) is 5.32 Å². The van der Waals surface area contributed by atoms with Gasteiger partial charge in [-0.3, -0.25) is 9.59 Å². The predicted molar refractivity (Wildman–Crippen MR) is 101 cm³/mol. The number of benzene rings is 2. The zero-order valence-electron chi connectivity index (χ0n) is 13.8. The number of carbonyl (C=O) groups is 2. The molecule has 0 unspecified atom stereocenters. The average molecular weight is 401 g/mol. The number of fused-ring (bicyclic) bond motifs is 1. The van der Waals surface area contributed by atoms with Crippen molar-refractivity contribution in [1.29, 1.82) is 0 Å². The Balaban J connectivity index is 1.77. The highest BCUT2D eigenvalue weighted by Gasteiger charge is 2.17. The van der Waals surface area contributed by atoms with Crippen LogP contribution in [0.2, 0.25) is 0 Å². The minimum atomic E-state index is -0.291. The monoisotopic (exact) mass is 400 g/mol. The highest BCUT2D eigenvalue weighted by Crippen LogP contribution is 2.27. The summed E-state index contributed by atoms with van der Waals surface area (Å²) in [6.45, 7) is 3.33. The van der Waals surface area contributed by atoms with E-state index in [4.69, 9.17) is 4.42 Å². The molecule has 0 bridgehead atoms. The van der Waals surface area contributed by atoms with Crippen LogP contribution in [0.3, 0.4) is 0 Å². The van der Waals surface area contributed by atoms with Crippen molar-refractivity contribution in [3.05, 3.63) is 64.3 Å². The standard InChI is InChI=1S/C19H17BrN2O3/c1-11(13-5-3-7-15(9-13)22-12(2)23)21-19(24)17-10-14-6-4-8-16(20)18(14)25-17/h3-11H,1-2H3,(H,21,24)(H,22,23)/t11-/m0/s1. The Bertz CT molecular complexity index is 949. The van der Waals surface area contributed by atoms with Crippen molar-refractivity contribution in [3.63, 3.8) is 0 Å². The van der Waals surface area contributed by atoms with Crippen molar-refractivity contribution in [2.75, 3.05) is 5.32 Å². The predicted octanol–water partition coefficient (Wildman–Crippen LogP) is 4.64. The lowest BCUT2D eigenvalue weighted by Crippen LogP contribution is -2.26. The molecule has 128 valence electrons. The second-order valence-electron chi connectivity index (χ2n) is 5.77. The van der Waals surface area contributed by atoms with Crippen LogP contribution in [0.15, 0.2) is 57.4 Å². The van der Waals surface area contributed by atoms with Crippen molar-refractivity contribution >= 4 is 44.4 Å². The van der Waals surface area contributed by atoms with Crippen molar-refractivity contribution in [3.8, 4) is 0 Å². The summed E-state index contributed by atoms with van der Waals surface area (Å²) in [5.41, 5.74) is 2.23. The van der Waals surface area contributed by atoms with Crippen LogP contribution >= 0.6 is 15.9 Å². The summed E-state index contributed by atoms with van der Waals surface area (Å²) in [7, 11) is 0. The first-order valence-electron chi connectivity index (χ1n) is 7.80. The van der Waals surface area contributed by atoms with Gasteiger partial charge >= 0.3 is 0 Å². The van der Waals surface area contributed by atoms with Gasteiger partial charge in [-0.05, 0) is 52.7 Å². The highest BCUT2D eigenvalue weighted by molar-refractivity contribution is 9.10. The van der Waals surface area contributed by atoms with E-state index in [1.807, 2.05) is 43.3 Å². The molecule has 0 radical (unpaired) electrons. The number of rotatable bonds is 4. The van der Waals surface area contributed by atoms with E-state index in [-0.39, 0.29) is 23.6 Å². The summed E-state index contributed by atoms with van der Waals surface area (Å²) < 4.78 is 6.46. The number of furan rings is 1. The fourth-order valence-corrected chi connectivity index (χ4v) is 3.04. The van der Waals surface area contributed by atoms with Gasteiger partial charge in [0.1, 0.15) is 5.58 Å². The Morgan fingerprint density at radius 1 is 1.12 bits per heavy atom. The molecule has 2 aromatic carbocycles. The maximum Gasteiger partial charge on any atom is 0.287 e. The van der Waals surface area contributed by atoms with E-state index < -0.39 is 0 Å². The lowest BCUT2D eigenvalue weighted by Gasteiger charge is -2.14. The molecular formula is C19H17BrN2O3. The number of nitrogens with one attached hydrogen (secondary N) is 2. The summed E-state index contributed by atoms with van der Waals surface area (Å²) in [5.74, 6) is -0.172. The highest BCUT2D eigenvalue weighted by atomic mass is 79.9. The van der Waals surface area contributed by atoms with Gasteiger partial charge in [-0.2, -0.15) is 0 Å². The molecule has 0 saturated carbocycles. The molecule has 0 saturated heterocycles. The number of carbonyl (C=O) groups excluding carboxylic acids is 2. The summed E-state index contributed by atoms with van der Waals surface area (Å²) >= 11 is 3.41. The van der Waals surface area contributed by atoms with Crippen LogP contribution < -0.4 is 10.6 Å². The molecule has 1 aromatic heterocycles. The molecule has 1 heterocycles. The fraction of sp³-hybridized carbons (Fsp3) is 0.158. The molecule has 5 nitrogen and oxygen atoms in total. The number of hydrogen-bond donors (Lipinski definition) is 2. The van der Waals surface area contributed by atoms with E-state index in [9.17, 15) is 9.59 Å². The van der Waals surface area contributed by atoms with Gasteiger partial charge in [-0.15, -0.1) is 0 Å². The third kappa shape index (κ3) is 3.91. The number of amides is 2. The first-order chi connectivity index (χ1) is 11.9. The van der Waals surface area contributed by atoms with Crippen LogP contribution in [0.5, 0.6) is 0 Å². The van der Waals surface area contributed by atoms with E-state index in [1.165, 1.54) is 6.92 Å². The maximum atomic E-state index is 12.5. The molecule has 2 amide bonds. The van der Waals surface area contributed by atoms with Crippen molar-refractivity contribution < 1.29 is 14.0 Å². The molecule has 0 aliphatic rings. The Morgan fingerprint density at radius 3 is 2.60 bits per heavy atom. The normalized spacial score (nSPS) is 12.0. The third-order valence-corrected chi connectivity index (χ3v) is 4.40. The zero-order valence-corrected chi connectivity index (χ0v) is 15.4. The molecule has 6 heteroatoms. The zero-order chi connectivity index (χ0) is 18.0. The Morgan fingerprint density at radius 2 is 1.88 bits per heavy atom. The fourth-order valence-electron chi connectivity index (χ4n) is 2.58. The van der Waals surface area contributed by atoms with Gasteiger partial charge in [0.15, 0.2) is 5.76 Å². The van der Waals surface area contributed by atoms with Gasteiger partial charge < -0.3 is 15.1 Å². The van der Waals surface area contributed by atoms with E-state index in [0.717, 1.165) is 15.4 Å². The van der Waals surface area contributed by atoms with Gasteiger partial charge in [0.2, 0.25) is 5.91 Å². The Labute approximate surface area is 153 Å². The first kappa shape index (κ1) is 17.2. The second-order valence-corrected chi connectivity index (χ2v) is 6.62. The SMILES string of the molecule is CC(=O)Nc1cccc([C@H](C)NC(=O)c2cc3cccc(Br)c3o2)c1. The van der Waals surface area contributed by atoms with Gasteiger partial charge in [0.25, 0.3) is 5.91 Å². The van der Waals surface area contributed by atoms with Gasteiger partial charge in [0, 0.05) is 18.0 Å². The third-order valence-electron chi connectivity index (χ3n) is 3.77. The molecule has 3 rings (SSSR count). The van der Waals surface area contributed by atoms with Crippen molar-refractivity contribution in [2.45, 2.75) is 19.9 Å². The first-order valence-corrected chi connectivity index (χ1v) is 8.60. The van der Waals surface area contributed by atoms with Crippen molar-refractivity contribution in [2.24, 2.45) is 0 Å². The van der Waals surface area contributed by atoms with E-state index in [0.29, 0.717) is 11.3 Å². The molecule has 0 fully saturated rings. The molecule has 0 aliphatic carbocycles. The van der Waals surface area contributed by atoms with Gasteiger partial charge in [-0.25, -0.2) is 0 Å². The Kier molecular flexibility index (Phi) is 4.90. The minimum absolute atomic E-state index is 0.137. The van der Waals surface area contributed by atoms with Crippen LogP contribution in [-0.4, -0.2) is 11.8 Å². The molecule has 2 N–H and O–H groups in total. The minimum Gasteiger partial charge on any atom is -0.450 e. The van der Waals surface area contributed by atoms with Crippen LogP contribution in [0.25, 0.3) is 11.0 Å². The van der Waals surface area contributed by atoms with E-state index in [2.05, 4.69) is 26.6 Å². The summed E-state index contributed by atoms with van der Waals surface area (Å²) in [5, 5.41) is 6.51. The molecule has 0 aliphatic heterocycles. The molecule has 0 spiro atoms.